The number of rotatable bonds is 8. The van der Waals surface area contributed by atoms with Gasteiger partial charge >= 0.3 is 0 Å². The molecule has 2 atom stereocenters. The molecule has 0 aromatic heterocycles. The monoisotopic (exact) mass is 268 g/mol. The highest BCUT2D eigenvalue weighted by Gasteiger charge is 2.28. The molecule has 0 heterocycles. The maximum absolute atomic E-state index is 12.1. The minimum atomic E-state index is 0.299. The van der Waals surface area contributed by atoms with Crippen molar-refractivity contribution in [2.75, 3.05) is 40.3 Å². The molecule has 2 unspecified atom stereocenters. The zero-order valence-corrected chi connectivity index (χ0v) is 13.3. The van der Waals surface area contributed by atoms with Crippen LogP contribution in [-0.4, -0.2) is 55.9 Å². The summed E-state index contributed by atoms with van der Waals surface area (Å²) in [7, 11) is 4.23. The van der Waals surface area contributed by atoms with Gasteiger partial charge in [0.1, 0.15) is 5.78 Å². The van der Waals surface area contributed by atoms with E-state index in [2.05, 4.69) is 37.7 Å². The highest BCUT2D eigenvalue weighted by atomic mass is 16.1. The Balaban J connectivity index is 2.48. The van der Waals surface area contributed by atoms with Crippen LogP contribution < -0.4 is 0 Å². The van der Waals surface area contributed by atoms with E-state index in [0.29, 0.717) is 11.7 Å². The molecule has 0 saturated heterocycles. The molecule has 0 aromatic carbocycles. The van der Waals surface area contributed by atoms with E-state index < -0.39 is 0 Å². The molecule has 1 aliphatic carbocycles. The molecule has 1 saturated carbocycles. The quantitative estimate of drug-likeness (QED) is 0.676. The summed E-state index contributed by atoms with van der Waals surface area (Å²) in [6.45, 7) is 8.75. The minimum absolute atomic E-state index is 0.299. The summed E-state index contributed by atoms with van der Waals surface area (Å²) >= 11 is 0. The Bertz CT molecular complexity index is 265. The van der Waals surface area contributed by atoms with Crippen LogP contribution in [0, 0.1) is 11.8 Å². The lowest BCUT2D eigenvalue weighted by molar-refractivity contribution is -0.126. The van der Waals surface area contributed by atoms with Crippen molar-refractivity contribution in [2.45, 2.75) is 46.0 Å². The van der Waals surface area contributed by atoms with Gasteiger partial charge in [-0.2, -0.15) is 0 Å². The predicted molar refractivity (Wildman–Crippen MR) is 81.4 cm³/mol. The lowest BCUT2D eigenvalue weighted by atomic mass is 9.79. The van der Waals surface area contributed by atoms with E-state index in [1.165, 1.54) is 12.8 Å². The molecule has 3 heteroatoms. The second-order valence-electron chi connectivity index (χ2n) is 6.32. The number of Topliss-reactive ketones (excluding diaryl/α,β-unsaturated/α-hetero) is 1. The zero-order chi connectivity index (χ0) is 14.3. The molecule has 0 aromatic rings. The second-order valence-corrected chi connectivity index (χ2v) is 6.32. The molecule has 1 fully saturated rings. The van der Waals surface area contributed by atoms with Crippen LogP contribution in [0.2, 0.25) is 0 Å². The first kappa shape index (κ1) is 16.6. The highest BCUT2D eigenvalue weighted by Crippen LogP contribution is 2.29. The summed E-state index contributed by atoms with van der Waals surface area (Å²) in [5.41, 5.74) is 0. The third kappa shape index (κ3) is 6.05. The van der Waals surface area contributed by atoms with Gasteiger partial charge in [0.2, 0.25) is 0 Å². The molecule has 0 spiro atoms. The molecule has 0 aliphatic heterocycles. The summed E-state index contributed by atoms with van der Waals surface area (Å²) in [5.74, 6) is 1.59. The molecular weight excluding hydrogens is 236 g/mol. The van der Waals surface area contributed by atoms with Crippen molar-refractivity contribution in [1.29, 1.82) is 0 Å². The molecular formula is C16H32N2O. The van der Waals surface area contributed by atoms with Gasteiger partial charge in [-0.1, -0.05) is 20.3 Å². The van der Waals surface area contributed by atoms with Gasteiger partial charge in [-0.15, -0.1) is 0 Å². The number of likely N-dealkylation sites (N-methyl/N-ethyl adjacent to an activating group) is 1. The summed E-state index contributed by atoms with van der Waals surface area (Å²) in [5, 5.41) is 0. The van der Waals surface area contributed by atoms with Crippen molar-refractivity contribution in [3.8, 4) is 0 Å². The van der Waals surface area contributed by atoms with Gasteiger partial charge in [0.05, 0.1) is 0 Å². The fourth-order valence-corrected chi connectivity index (χ4v) is 3.01. The van der Waals surface area contributed by atoms with Crippen molar-refractivity contribution < 1.29 is 4.79 Å². The van der Waals surface area contributed by atoms with E-state index >= 15 is 0 Å². The third-order valence-electron chi connectivity index (χ3n) is 4.33. The summed E-state index contributed by atoms with van der Waals surface area (Å²) in [6, 6.07) is 0. The molecule has 3 nitrogen and oxygen atoms in total. The molecule has 112 valence electrons. The van der Waals surface area contributed by atoms with Crippen LogP contribution in [0.25, 0.3) is 0 Å². The molecule has 0 N–H and O–H groups in total. The smallest absolute Gasteiger partial charge is 0.137 e. The lowest BCUT2D eigenvalue weighted by Gasteiger charge is -2.32. The maximum Gasteiger partial charge on any atom is 0.137 e. The van der Waals surface area contributed by atoms with E-state index in [0.717, 1.165) is 51.4 Å². The van der Waals surface area contributed by atoms with Crippen LogP contribution >= 0.6 is 0 Å². The van der Waals surface area contributed by atoms with Crippen LogP contribution in [0.3, 0.4) is 0 Å². The first-order valence-electron chi connectivity index (χ1n) is 7.96. The van der Waals surface area contributed by atoms with Crippen LogP contribution in [0.1, 0.15) is 46.0 Å². The van der Waals surface area contributed by atoms with Gasteiger partial charge < -0.3 is 9.80 Å². The summed E-state index contributed by atoms with van der Waals surface area (Å²) < 4.78 is 0. The zero-order valence-electron chi connectivity index (χ0n) is 13.3. The van der Waals surface area contributed by atoms with Crippen LogP contribution in [0.15, 0.2) is 0 Å². The van der Waals surface area contributed by atoms with E-state index in [1.807, 2.05) is 0 Å². The molecule has 0 radical (unpaired) electrons. The van der Waals surface area contributed by atoms with Crippen molar-refractivity contribution in [3.63, 3.8) is 0 Å². The van der Waals surface area contributed by atoms with E-state index in [9.17, 15) is 4.79 Å². The lowest BCUT2D eigenvalue weighted by Crippen LogP contribution is -2.40. The van der Waals surface area contributed by atoms with Crippen LogP contribution in [0.4, 0.5) is 0 Å². The van der Waals surface area contributed by atoms with Gasteiger partial charge in [0.25, 0.3) is 0 Å². The standard InChI is InChI=1S/C16H32N2O/c1-5-9-18(11-10-17(3)4)13-15-12-14(6-2)7-8-16(15)19/h14-15H,5-13H2,1-4H3. The minimum Gasteiger partial charge on any atom is -0.308 e. The summed E-state index contributed by atoms with van der Waals surface area (Å²) in [6.07, 6.45) is 5.46. The van der Waals surface area contributed by atoms with Crippen molar-refractivity contribution >= 4 is 5.78 Å². The largest absolute Gasteiger partial charge is 0.308 e. The maximum atomic E-state index is 12.1. The molecule has 1 rings (SSSR count). The molecule has 0 amide bonds. The van der Waals surface area contributed by atoms with Crippen molar-refractivity contribution in [2.24, 2.45) is 11.8 Å². The number of carbonyl (C=O) groups is 1. The third-order valence-corrected chi connectivity index (χ3v) is 4.33. The van der Waals surface area contributed by atoms with Crippen LogP contribution in [-0.2, 0) is 4.79 Å². The highest BCUT2D eigenvalue weighted by molar-refractivity contribution is 5.81. The topological polar surface area (TPSA) is 23.6 Å². The van der Waals surface area contributed by atoms with Crippen LogP contribution in [0.5, 0.6) is 0 Å². The number of ketones is 1. The van der Waals surface area contributed by atoms with Gasteiger partial charge in [-0.05, 0) is 45.8 Å². The average Bonchev–Trinajstić information content (AvgIpc) is 2.38. The van der Waals surface area contributed by atoms with E-state index in [-0.39, 0.29) is 0 Å². The Morgan fingerprint density at radius 1 is 1.16 bits per heavy atom. The Hall–Kier alpha value is -0.410. The van der Waals surface area contributed by atoms with Gasteiger partial charge in [-0.25, -0.2) is 0 Å². The Kier molecular flexibility index (Phi) is 7.62. The van der Waals surface area contributed by atoms with Gasteiger partial charge in [-0.3, -0.25) is 4.79 Å². The fraction of sp³-hybridized carbons (Fsp3) is 0.938. The SMILES string of the molecule is CCCN(CCN(C)C)CC1CC(CC)CCC1=O. The first-order chi connectivity index (χ1) is 9.06. The summed E-state index contributed by atoms with van der Waals surface area (Å²) in [4.78, 5) is 16.8. The van der Waals surface area contributed by atoms with Crippen molar-refractivity contribution in [1.82, 2.24) is 9.80 Å². The number of hydrogen-bond donors (Lipinski definition) is 0. The molecule has 19 heavy (non-hydrogen) atoms. The normalized spacial score (nSPS) is 24.4. The van der Waals surface area contributed by atoms with E-state index in [4.69, 9.17) is 0 Å². The van der Waals surface area contributed by atoms with Crippen molar-refractivity contribution in [3.05, 3.63) is 0 Å². The van der Waals surface area contributed by atoms with Gasteiger partial charge in [0.15, 0.2) is 0 Å². The molecule has 1 aliphatic rings. The van der Waals surface area contributed by atoms with Gasteiger partial charge in [0, 0.05) is 32.0 Å². The fourth-order valence-electron chi connectivity index (χ4n) is 3.01. The number of hydrogen-bond acceptors (Lipinski definition) is 3. The first-order valence-corrected chi connectivity index (χ1v) is 7.96. The Morgan fingerprint density at radius 2 is 1.89 bits per heavy atom. The molecule has 0 bridgehead atoms. The second kappa shape index (κ2) is 8.70. The number of carbonyl (C=O) groups excluding carboxylic acids is 1. The average molecular weight is 268 g/mol. The Morgan fingerprint density at radius 3 is 2.47 bits per heavy atom. The predicted octanol–water partition coefficient (Wildman–Crippen LogP) is 2.66. The van der Waals surface area contributed by atoms with E-state index in [1.54, 1.807) is 0 Å². The number of nitrogens with zero attached hydrogens (tertiary/aromatic N) is 2. The Labute approximate surface area is 119 Å².